The van der Waals surface area contributed by atoms with Crippen molar-refractivity contribution >= 4 is 39.5 Å². The van der Waals surface area contributed by atoms with Crippen molar-refractivity contribution in [3.8, 4) is 0 Å². The summed E-state index contributed by atoms with van der Waals surface area (Å²) in [5.41, 5.74) is 1.14. The molecule has 2 rings (SSSR count). The van der Waals surface area contributed by atoms with E-state index >= 15 is 0 Å². The van der Waals surface area contributed by atoms with Crippen LogP contribution in [0.5, 0.6) is 0 Å². The maximum absolute atomic E-state index is 11.7. The van der Waals surface area contributed by atoms with Gasteiger partial charge in [0.25, 0.3) is 0 Å². The molecule has 2 aromatic rings. The van der Waals surface area contributed by atoms with E-state index in [1.807, 2.05) is 25.1 Å². The summed E-state index contributed by atoms with van der Waals surface area (Å²) >= 11 is 4.91. The van der Waals surface area contributed by atoms with Gasteiger partial charge in [0.2, 0.25) is 11.9 Å². The monoisotopic (exact) mass is 340 g/mol. The summed E-state index contributed by atoms with van der Waals surface area (Å²) < 4.78 is 1.04. The van der Waals surface area contributed by atoms with E-state index in [1.54, 1.807) is 6.92 Å². The van der Waals surface area contributed by atoms with Crippen LogP contribution < -0.4 is 5.32 Å². The van der Waals surface area contributed by atoms with Crippen LogP contribution in [0.3, 0.4) is 0 Å². The molecule has 0 aliphatic rings. The fourth-order valence-electron chi connectivity index (χ4n) is 1.48. The second-order valence-electron chi connectivity index (χ2n) is 3.99. The standard InChI is InChI=1S/C12H13BrN4OS/c1-7-5-9(13)3-4-10(7)19-6-11(18)15-12-14-8(2)16-17-12/h3-5H,6H2,1-2H3,(H2,14,15,16,17,18). The van der Waals surface area contributed by atoms with E-state index in [1.165, 1.54) is 11.8 Å². The number of aromatic amines is 1. The first-order valence-corrected chi connectivity index (χ1v) is 7.40. The highest BCUT2D eigenvalue weighted by atomic mass is 79.9. The molecule has 100 valence electrons. The van der Waals surface area contributed by atoms with Gasteiger partial charge in [0.1, 0.15) is 5.82 Å². The number of nitrogens with zero attached hydrogens (tertiary/aromatic N) is 2. The van der Waals surface area contributed by atoms with Gasteiger partial charge in [-0.1, -0.05) is 15.9 Å². The Labute approximate surface area is 123 Å². The van der Waals surface area contributed by atoms with E-state index in [0.29, 0.717) is 17.5 Å². The zero-order chi connectivity index (χ0) is 13.8. The molecule has 0 bridgehead atoms. The summed E-state index contributed by atoms with van der Waals surface area (Å²) in [5, 5.41) is 9.17. The van der Waals surface area contributed by atoms with Gasteiger partial charge < -0.3 is 0 Å². The number of hydrogen-bond acceptors (Lipinski definition) is 4. The van der Waals surface area contributed by atoms with Gasteiger partial charge in [-0.15, -0.1) is 16.9 Å². The summed E-state index contributed by atoms with van der Waals surface area (Å²) in [6.07, 6.45) is 0. The number of hydrogen-bond donors (Lipinski definition) is 2. The van der Waals surface area contributed by atoms with Gasteiger partial charge in [0, 0.05) is 9.37 Å². The molecule has 1 aromatic carbocycles. The van der Waals surface area contributed by atoms with Gasteiger partial charge in [0.05, 0.1) is 5.75 Å². The molecule has 0 unspecified atom stereocenters. The number of benzene rings is 1. The number of nitrogens with one attached hydrogen (secondary N) is 2. The van der Waals surface area contributed by atoms with Crippen LogP contribution in [0.25, 0.3) is 0 Å². The summed E-state index contributed by atoms with van der Waals surface area (Å²) in [6, 6.07) is 5.99. The largest absolute Gasteiger partial charge is 0.292 e. The number of H-pyrrole nitrogens is 1. The van der Waals surface area contributed by atoms with Crippen molar-refractivity contribution in [3.63, 3.8) is 0 Å². The molecule has 1 aromatic heterocycles. The van der Waals surface area contributed by atoms with Gasteiger partial charge in [-0.2, -0.15) is 4.98 Å². The number of thioether (sulfide) groups is 1. The minimum atomic E-state index is -0.119. The zero-order valence-electron chi connectivity index (χ0n) is 10.5. The molecular weight excluding hydrogens is 328 g/mol. The topological polar surface area (TPSA) is 70.7 Å². The zero-order valence-corrected chi connectivity index (χ0v) is 12.9. The Morgan fingerprint density at radius 1 is 1.47 bits per heavy atom. The van der Waals surface area contributed by atoms with Crippen LogP contribution >= 0.6 is 27.7 Å². The van der Waals surface area contributed by atoms with Crippen LogP contribution in [0.1, 0.15) is 11.4 Å². The molecular formula is C12H13BrN4OS. The van der Waals surface area contributed by atoms with Crippen molar-refractivity contribution < 1.29 is 4.79 Å². The Bertz CT molecular complexity index is 599. The molecule has 0 spiro atoms. The Hall–Kier alpha value is -1.34. The number of halogens is 1. The third kappa shape index (κ3) is 4.07. The first kappa shape index (κ1) is 14.1. The molecule has 0 aliphatic carbocycles. The number of aromatic nitrogens is 3. The molecule has 1 heterocycles. The summed E-state index contributed by atoms with van der Waals surface area (Å²) in [6.45, 7) is 3.80. The molecule has 0 aliphatic heterocycles. The molecule has 5 nitrogen and oxygen atoms in total. The summed E-state index contributed by atoms with van der Waals surface area (Å²) in [7, 11) is 0. The number of carbonyl (C=O) groups excluding carboxylic acids is 1. The van der Waals surface area contributed by atoms with E-state index in [4.69, 9.17) is 0 Å². The maximum Gasteiger partial charge on any atom is 0.248 e. The number of amides is 1. The van der Waals surface area contributed by atoms with E-state index in [-0.39, 0.29) is 5.91 Å². The Balaban J connectivity index is 1.89. The average molecular weight is 341 g/mol. The Morgan fingerprint density at radius 3 is 2.89 bits per heavy atom. The van der Waals surface area contributed by atoms with Gasteiger partial charge in [-0.3, -0.25) is 15.2 Å². The fraction of sp³-hybridized carbons (Fsp3) is 0.250. The quantitative estimate of drug-likeness (QED) is 0.839. The normalized spacial score (nSPS) is 10.5. The lowest BCUT2D eigenvalue weighted by molar-refractivity contribution is -0.113. The van der Waals surface area contributed by atoms with E-state index in [0.717, 1.165) is 14.9 Å². The number of rotatable bonds is 4. The summed E-state index contributed by atoms with van der Waals surface area (Å²) in [5.74, 6) is 1.20. The molecule has 19 heavy (non-hydrogen) atoms. The lowest BCUT2D eigenvalue weighted by atomic mass is 10.2. The first-order valence-electron chi connectivity index (χ1n) is 5.62. The number of aryl methyl sites for hydroxylation is 2. The highest BCUT2D eigenvalue weighted by molar-refractivity contribution is 9.10. The van der Waals surface area contributed by atoms with E-state index in [2.05, 4.69) is 36.4 Å². The van der Waals surface area contributed by atoms with Crippen molar-refractivity contribution in [2.45, 2.75) is 18.7 Å². The fourth-order valence-corrected chi connectivity index (χ4v) is 2.76. The van der Waals surface area contributed by atoms with Crippen LogP contribution in [-0.4, -0.2) is 26.8 Å². The van der Waals surface area contributed by atoms with Crippen LogP contribution in [-0.2, 0) is 4.79 Å². The molecule has 0 saturated carbocycles. The third-order valence-corrected chi connectivity index (χ3v) is 4.01. The van der Waals surface area contributed by atoms with Gasteiger partial charge >= 0.3 is 0 Å². The predicted octanol–water partition coefficient (Wildman–Crippen LogP) is 2.91. The molecule has 1 amide bonds. The van der Waals surface area contributed by atoms with Gasteiger partial charge in [-0.05, 0) is 37.6 Å². The van der Waals surface area contributed by atoms with Crippen molar-refractivity contribution in [1.82, 2.24) is 15.2 Å². The van der Waals surface area contributed by atoms with E-state index in [9.17, 15) is 4.79 Å². The van der Waals surface area contributed by atoms with Crippen LogP contribution in [0.2, 0.25) is 0 Å². The highest BCUT2D eigenvalue weighted by Crippen LogP contribution is 2.25. The Morgan fingerprint density at radius 2 is 2.26 bits per heavy atom. The second-order valence-corrected chi connectivity index (χ2v) is 5.92. The third-order valence-electron chi connectivity index (χ3n) is 2.34. The van der Waals surface area contributed by atoms with Crippen LogP contribution in [0.4, 0.5) is 5.95 Å². The van der Waals surface area contributed by atoms with Gasteiger partial charge in [-0.25, -0.2) is 0 Å². The molecule has 0 radical (unpaired) electrons. The maximum atomic E-state index is 11.7. The van der Waals surface area contributed by atoms with Crippen molar-refractivity contribution in [1.29, 1.82) is 0 Å². The van der Waals surface area contributed by atoms with E-state index < -0.39 is 0 Å². The minimum Gasteiger partial charge on any atom is -0.292 e. The lowest BCUT2D eigenvalue weighted by Crippen LogP contribution is -2.15. The van der Waals surface area contributed by atoms with Gasteiger partial charge in [0.15, 0.2) is 0 Å². The average Bonchev–Trinajstić information content (AvgIpc) is 2.73. The molecule has 7 heteroatoms. The molecule has 0 atom stereocenters. The van der Waals surface area contributed by atoms with Crippen molar-refractivity contribution in [2.24, 2.45) is 0 Å². The Kier molecular flexibility index (Phi) is 4.60. The van der Waals surface area contributed by atoms with Crippen LogP contribution in [0, 0.1) is 13.8 Å². The second kappa shape index (κ2) is 6.21. The number of carbonyl (C=O) groups is 1. The SMILES string of the molecule is Cc1nc(NC(=O)CSc2ccc(Br)cc2C)n[nH]1. The van der Waals surface area contributed by atoms with Crippen LogP contribution in [0.15, 0.2) is 27.6 Å². The first-order chi connectivity index (χ1) is 9.04. The van der Waals surface area contributed by atoms with Crippen molar-refractivity contribution in [3.05, 3.63) is 34.1 Å². The lowest BCUT2D eigenvalue weighted by Gasteiger charge is -2.05. The minimum absolute atomic E-state index is 0.119. The predicted molar refractivity (Wildman–Crippen MR) is 79.4 cm³/mol. The smallest absolute Gasteiger partial charge is 0.248 e. The molecule has 0 saturated heterocycles. The number of anilines is 1. The van der Waals surface area contributed by atoms with Crippen molar-refractivity contribution in [2.75, 3.05) is 11.1 Å². The highest BCUT2D eigenvalue weighted by Gasteiger charge is 2.08. The molecule has 0 fully saturated rings. The molecule has 2 N–H and O–H groups in total. The summed E-state index contributed by atoms with van der Waals surface area (Å²) in [4.78, 5) is 16.8.